The summed E-state index contributed by atoms with van der Waals surface area (Å²) in [5.74, 6) is -1.18. The third-order valence-corrected chi connectivity index (χ3v) is 2.78. The largest absolute Gasteiger partial charge is 0.383 e. The van der Waals surface area contributed by atoms with E-state index in [-0.39, 0.29) is 17.1 Å². The third kappa shape index (κ3) is 3.11. The second kappa shape index (κ2) is 5.53. The maximum Gasteiger partial charge on any atom is 0.288 e. The van der Waals surface area contributed by atoms with Crippen molar-refractivity contribution >= 4 is 23.1 Å². The Labute approximate surface area is 118 Å². The monoisotopic (exact) mass is 290 g/mol. The second-order valence-corrected chi connectivity index (χ2v) is 4.30. The number of aryl methyl sites for hydroxylation is 1. The lowest BCUT2D eigenvalue weighted by Crippen LogP contribution is -2.15. The second-order valence-electron chi connectivity index (χ2n) is 4.30. The van der Waals surface area contributed by atoms with E-state index in [1.807, 2.05) is 0 Å². The fraction of sp³-hybridized carbons (Fsp3) is 0.0769. The van der Waals surface area contributed by atoms with Crippen molar-refractivity contribution in [3.05, 3.63) is 57.5 Å². The summed E-state index contributed by atoms with van der Waals surface area (Å²) in [6.07, 6.45) is 0.966. The van der Waals surface area contributed by atoms with Gasteiger partial charge in [-0.25, -0.2) is 9.37 Å². The molecular weight excluding hydrogens is 279 g/mol. The van der Waals surface area contributed by atoms with Gasteiger partial charge in [0, 0.05) is 11.8 Å². The van der Waals surface area contributed by atoms with Crippen LogP contribution in [-0.4, -0.2) is 15.8 Å². The summed E-state index contributed by atoms with van der Waals surface area (Å²) in [5.41, 5.74) is 5.79. The number of aromatic nitrogens is 1. The number of carbonyl (C=O) groups excluding carboxylic acids is 1. The van der Waals surface area contributed by atoms with E-state index in [0.717, 1.165) is 12.3 Å². The van der Waals surface area contributed by atoms with Crippen LogP contribution in [0.3, 0.4) is 0 Å². The number of nitrogens with zero attached hydrogens (tertiary/aromatic N) is 2. The molecule has 1 aromatic heterocycles. The third-order valence-electron chi connectivity index (χ3n) is 2.78. The Balaban J connectivity index is 2.29. The molecule has 1 amide bonds. The maximum atomic E-state index is 13.1. The van der Waals surface area contributed by atoms with Gasteiger partial charge in [-0.2, -0.15) is 0 Å². The Morgan fingerprint density at radius 1 is 1.43 bits per heavy atom. The van der Waals surface area contributed by atoms with Crippen LogP contribution in [-0.2, 0) is 0 Å². The smallest absolute Gasteiger partial charge is 0.288 e. The van der Waals surface area contributed by atoms with Crippen molar-refractivity contribution in [2.75, 3.05) is 11.1 Å². The fourth-order valence-electron chi connectivity index (χ4n) is 1.67. The van der Waals surface area contributed by atoms with Crippen LogP contribution in [0.5, 0.6) is 0 Å². The van der Waals surface area contributed by atoms with Gasteiger partial charge in [0.1, 0.15) is 17.8 Å². The van der Waals surface area contributed by atoms with Crippen molar-refractivity contribution in [2.45, 2.75) is 6.92 Å². The van der Waals surface area contributed by atoms with Crippen LogP contribution >= 0.6 is 0 Å². The highest BCUT2D eigenvalue weighted by Gasteiger charge is 2.17. The number of carbonyl (C=O) groups is 1. The van der Waals surface area contributed by atoms with Gasteiger partial charge in [0.15, 0.2) is 0 Å². The number of nitrogen functional groups attached to an aromatic ring is 1. The standard InChI is InChI=1S/C13H11FN4O3/c1-7-4-8(2-3-11(7)14)17-13(19)10-5-9(18(20)21)6-16-12(10)15/h2-6H,1H3,(H2,15,16)(H,17,19). The first-order chi connectivity index (χ1) is 9.88. The Hall–Kier alpha value is -3.03. The highest BCUT2D eigenvalue weighted by atomic mass is 19.1. The molecule has 2 aromatic rings. The van der Waals surface area contributed by atoms with Crippen LogP contribution in [0.25, 0.3) is 0 Å². The summed E-state index contributed by atoms with van der Waals surface area (Å²) in [6.45, 7) is 1.55. The SMILES string of the molecule is Cc1cc(NC(=O)c2cc([N+](=O)[O-])cnc2N)ccc1F. The van der Waals surface area contributed by atoms with Gasteiger partial charge in [-0.15, -0.1) is 0 Å². The molecule has 0 aliphatic heterocycles. The maximum absolute atomic E-state index is 13.1. The van der Waals surface area contributed by atoms with Crippen LogP contribution in [0.4, 0.5) is 21.6 Å². The molecule has 0 fully saturated rings. The van der Waals surface area contributed by atoms with Gasteiger partial charge in [0.2, 0.25) is 0 Å². The van der Waals surface area contributed by atoms with Gasteiger partial charge in [-0.1, -0.05) is 0 Å². The predicted molar refractivity (Wildman–Crippen MR) is 74.4 cm³/mol. The van der Waals surface area contributed by atoms with Gasteiger partial charge in [-0.3, -0.25) is 14.9 Å². The number of nitrogens with one attached hydrogen (secondary N) is 1. The average Bonchev–Trinajstić information content (AvgIpc) is 2.43. The van der Waals surface area contributed by atoms with Gasteiger partial charge < -0.3 is 11.1 Å². The number of rotatable bonds is 3. The van der Waals surface area contributed by atoms with E-state index in [1.54, 1.807) is 6.92 Å². The van der Waals surface area contributed by atoms with Gasteiger partial charge in [0.05, 0.1) is 10.5 Å². The zero-order chi connectivity index (χ0) is 15.6. The van der Waals surface area contributed by atoms with E-state index in [0.29, 0.717) is 11.3 Å². The Morgan fingerprint density at radius 2 is 2.14 bits per heavy atom. The number of amides is 1. The molecule has 0 saturated heterocycles. The number of benzene rings is 1. The number of halogens is 1. The summed E-state index contributed by atoms with van der Waals surface area (Å²) >= 11 is 0. The lowest BCUT2D eigenvalue weighted by Gasteiger charge is -2.08. The first-order valence-electron chi connectivity index (χ1n) is 5.86. The molecule has 1 aromatic carbocycles. The lowest BCUT2D eigenvalue weighted by molar-refractivity contribution is -0.385. The van der Waals surface area contributed by atoms with Crippen molar-refractivity contribution in [3.8, 4) is 0 Å². The molecule has 7 nitrogen and oxygen atoms in total. The number of nitrogens with two attached hydrogens (primary N) is 1. The number of anilines is 2. The van der Waals surface area contributed by atoms with Gasteiger partial charge in [-0.05, 0) is 30.7 Å². The zero-order valence-electron chi connectivity index (χ0n) is 11.0. The molecule has 0 spiro atoms. The van der Waals surface area contributed by atoms with E-state index in [1.165, 1.54) is 18.2 Å². The van der Waals surface area contributed by atoms with E-state index >= 15 is 0 Å². The molecule has 8 heteroatoms. The van der Waals surface area contributed by atoms with Crippen LogP contribution in [0.2, 0.25) is 0 Å². The minimum Gasteiger partial charge on any atom is -0.383 e. The molecule has 108 valence electrons. The molecule has 2 rings (SSSR count). The number of pyridine rings is 1. The highest BCUT2D eigenvalue weighted by Crippen LogP contribution is 2.19. The molecule has 0 unspecified atom stereocenters. The van der Waals surface area contributed by atoms with Crippen molar-refractivity contribution in [3.63, 3.8) is 0 Å². The van der Waals surface area contributed by atoms with Gasteiger partial charge in [0.25, 0.3) is 11.6 Å². The van der Waals surface area contributed by atoms with Crippen molar-refractivity contribution < 1.29 is 14.1 Å². The minimum absolute atomic E-state index is 0.119. The first kappa shape index (κ1) is 14.4. The molecule has 21 heavy (non-hydrogen) atoms. The van der Waals surface area contributed by atoms with Crippen molar-refractivity contribution in [1.82, 2.24) is 4.98 Å². The van der Waals surface area contributed by atoms with Crippen LogP contribution in [0, 0.1) is 22.9 Å². The normalized spacial score (nSPS) is 10.2. The van der Waals surface area contributed by atoms with Crippen LogP contribution in [0.15, 0.2) is 30.5 Å². The molecule has 0 aliphatic carbocycles. The highest BCUT2D eigenvalue weighted by molar-refractivity contribution is 6.07. The molecule has 0 saturated carbocycles. The first-order valence-corrected chi connectivity index (χ1v) is 5.86. The molecule has 0 aliphatic rings. The number of hydrogen-bond acceptors (Lipinski definition) is 5. The Morgan fingerprint density at radius 3 is 2.76 bits per heavy atom. The molecule has 1 heterocycles. The lowest BCUT2D eigenvalue weighted by atomic mass is 10.2. The molecule has 0 atom stereocenters. The van der Waals surface area contributed by atoms with Gasteiger partial charge >= 0.3 is 0 Å². The summed E-state index contributed by atoms with van der Waals surface area (Å²) in [7, 11) is 0. The minimum atomic E-state index is -0.675. The van der Waals surface area contributed by atoms with E-state index in [9.17, 15) is 19.3 Å². The summed E-state index contributed by atoms with van der Waals surface area (Å²) in [4.78, 5) is 25.7. The van der Waals surface area contributed by atoms with E-state index in [4.69, 9.17) is 5.73 Å². The zero-order valence-corrected chi connectivity index (χ0v) is 11.0. The number of hydrogen-bond donors (Lipinski definition) is 2. The molecule has 0 radical (unpaired) electrons. The van der Waals surface area contributed by atoms with E-state index < -0.39 is 16.6 Å². The van der Waals surface area contributed by atoms with Crippen LogP contribution < -0.4 is 11.1 Å². The van der Waals surface area contributed by atoms with Crippen molar-refractivity contribution in [1.29, 1.82) is 0 Å². The topological polar surface area (TPSA) is 111 Å². The summed E-state index contributed by atoms with van der Waals surface area (Å²) in [5, 5.41) is 13.2. The summed E-state index contributed by atoms with van der Waals surface area (Å²) < 4.78 is 13.1. The van der Waals surface area contributed by atoms with Crippen molar-refractivity contribution in [2.24, 2.45) is 0 Å². The number of nitro groups is 1. The summed E-state index contributed by atoms with van der Waals surface area (Å²) in [6, 6.07) is 5.06. The predicted octanol–water partition coefficient (Wildman–Crippen LogP) is 2.27. The van der Waals surface area contributed by atoms with Crippen LogP contribution in [0.1, 0.15) is 15.9 Å². The average molecular weight is 290 g/mol. The molecular formula is C13H11FN4O3. The fourth-order valence-corrected chi connectivity index (χ4v) is 1.67. The molecule has 3 N–H and O–H groups in total. The Bertz CT molecular complexity index is 733. The quantitative estimate of drug-likeness (QED) is 0.665. The Kier molecular flexibility index (Phi) is 3.79. The molecule has 0 bridgehead atoms. The van der Waals surface area contributed by atoms with E-state index in [2.05, 4.69) is 10.3 Å².